The standard InChI is InChI=1S/C27H24N2O4S/c1-18-8-11-22(14-19(18)2)28-25(30)16-29-26(31)24(34-27(29)32)15-20-9-12-23(13-10-20)33-17-21-6-4-3-5-7-21/h3-15H,16-17H2,1-2H3,(H,28,30)/b24-15+. The maximum atomic E-state index is 12.7. The third kappa shape index (κ3) is 5.74. The molecule has 7 heteroatoms. The zero-order valence-corrected chi connectivity index (χ0v) is 19.7. The molecule has 4 rings (SSSR count). The molecule has 3 amide bonds. The van der Waals surface area contributed by atoms with Crippen LogP contribution in [0.2, 0.25) is 0 Å². The summed E-state index contributed by atoms with van der Waals surface area (Å²) >= 11 is 0.828. The van der Waals surface area contributed by atoms with E-state index in [9.17, 15) is 14.4 Å². The Hall–Kier alpha value is -3.84. The highest BCUT2D eigenvalue weighted by molar-refractivity contribution is 8.18. The average Bonchev–Trinajstić information content (AvgIpc) is 3.09. The molecule has 1 N–H and O–H groups in total. The highest BCUT2D eigenvalue weighted by Gasteiger charge is 2.36. The first-order valence-electron chi connectivity index (χ1n) is 10.8. The highest BCUT2D eigenvalue weighted by Crippen LogP contribution is 2.32. The second kappa shape index (κ2) is 10.4. The van der Waals surface area contributed by atoms with E-state index in [1.54, 1.807) is 12.1 Å². The number of imide groups is 1. The van der Waals surface area contributed by atoms with Crippen molar-refractivity contribution in [2.24, 2.45) is 0 Å². The lowest BCUT2D eigenvalue weighted by Crippen LogP contribution is -2.36. The first kappa shape index (κ1) is 23.3. The lowest BCUT2D eigenvalue weighted by atomic mass is 10.1. The molecule has 172 valence electrons. The molecule has 1 heterocycles. The van der Waals surface area contributed by atoms with Gasteiger partial charge < -0.3 is 10.1 Å². The molecule has 3 aromatic rings. The molecule has 0 radical (unpaired) electrons. The molecule has 1 saturated heterocycles. The molecule has 1 aliphatic rings. The van der Waals surface area contributed by atoms with E-state index in [-0.39, 0.29) is 11.4 Å². The highest BCUT2D eigenvalue weighted by atomic mass is 32.2. The molecule has 0 spiro atoms. The van der Waals surface area contributed by atoms with Crippen LogP contribution in [0.15, 0.2) is 77.7 Å². The predicted octanol–water partition coefficient (Wildman–Crippen LogP) is 5.56. The Bertz CT molecular complexity index is 1250. The maximum absolute atomic E-state index is 12.7. The van der Waals surface area contributed by atoms with E-state index >= 15 is 0 Å². The van der Waals surface area contributed by atoms with E-state index < -0.39 is 17.1 Å². The van der Waals surface area contributed by atoms with Crippen LogP contribution in [0.3, 0.4) is 0 Å². The van der Waals surface area contributed by atoms with Gasteiger partial charge in [0.2, 0.25) is 5.91 Å². The number of ether oxygens (including phenoxy) is 1. The van der Waals surface area contributed by atoms with Gasteiger partial charge in [0.25, 0.3) is 11.1 Å². The summed E-state index contributed by atoms with van der Waals surface area (Å²) in [5.41, 5.74) is 4.62. The minimum Gasteiger partial charge on any atom is -0.489 e. The summed E-state index contributed by atoms with van der Waals surface area (Å²) in [5.74, 6) is -0.196. The van der Waals surface area contributed by atoms with Crippen LogP contribution in [0.4, 0.5) is 10.5 Å². The summed E-state index contributed by atoms with van der Waals surface area (Å²) in [5, 5.41) is 2.28. The minimum atomic E-state index is -0.477. The Morgan fingerprint density at radius 3 is 2.41 bits per heavy atom. The van der Waals surface area contributed by atoms with Crippen LogP contribution in [0.25, 0.3) is 6.08 Å². The van der Waals surface area contributed by atoms with Crippen LogP contribution in [0, 0.1) is 13.8 Å². The second-order valence-corrected chi connectivity index (χ2v) is 8.95. The maximum Gasteiger partial charge on any atom is 0.294 e. The van der Waals surface area contributed by atoms with Gasteiger partial charge in [-0.25, -0.2) is 0 Å². The van der Waals surface area contributed by atoms with Crippen molar-refractivity contribution >= 4 is 40.6 Å². The van der Waals surface area contributed by atoms with Crippen LogP contribution in [0.1, 0.15) is 22.3 Å². The second-order valence-electron chi connectivity index (χ2n) is 7.96. The van der Waals surface area contributed by atoms with Gasteiger partial charge >= 0.3 is 0 Å². The normalized spacial score (nSPS) is 14.5. The Labute approximate surface area is 202 Å². The fraction of sp³-hybridized carbons (Fsp3) is 0.148. The largest absolute Gasteiger partial charge is 0.489 e. The molecular formula is C27H24N2O4S. The van der Waals surface area contributed by atoms with Crippen LogP contribution < -0.4 is 10.1 Å². The lowest BCUT2D eigenvalue weighted by molar-refractivity contribution is -0.127. The van der Waals surface area contributed by atoms with Crippen molar-refractivity contribution in [3.8, 4) is 5.75 Å². The van der Waals surface area contributed by atoms with Gasteiger partial charge in [0.15, 0.2) is 0 Å². The van der Waals surface area contributed by atoms with E-state index in [4.69, 9.17) is 4.74 Å². The summed E-state index contributed by atoms with van der Waals surface area (Å²) in [6.07, 6.45) is 1.65. The minimum absolute atomic E-state index is 0.280. The van der Waals surface area contributed by atoms with Crippen LogP contribution in [-0.4, -0.2) is 28.5 Å². The summed E-state index contributed by atoms with van der Waals surface area (Å²) in [6, 6.07) is 22.7. The summed E-state index contributed by atoms with van der Waals surface area (Å²) < 4.78 is 5.78. The monoisotopic (exact) mass is 472 g/mol. The number of anilines is 1. The quantitative estimate of drug-likeness (QED) is 0.456. The van der Waals surface area contributed by atoms with Crippen molar-refractivity contribution in [1.82, 2.24) is 4.90 Å². The van der Waals surface area contributed by atoms with E-state index in [1.807, 2.05) is 80.6 Å². The number of hydrogen-bond acceptors (Lipinski definition) is 5. The Morgan fingerprint density at radius 2 is 1.71 bits per heavy atom. The van der Waals surface area contributed by atoms with Crippen LogP contribution in [-0.2, 0) is 16.2 Å². The van der Waals surface area contributed by atoms with Gasteiger partial charge in [-0.05, 0) is 78.2 Å². The topological polar surface area (TPSA) is 75.7 Å². The zero-order chi connectivity index (χ0) is 24.1. The van der Waals surface area contributed by atoms with Gasteiger partial charge in [-0.15, -0.1) is 0 Å². The number of aryl methyl sites for hydroxylation is 2. The molecule has 0 unspecified atom stereocenters. The SMILES string of the molecule is Cc1ccc(NC(=O)CN2C(=O)S/C(=C/c3ccc(OCc4ccccc4)cc3)C2=O)cc1C. The molecule has 0 saturated carbocycles. The van der Waals surface area contributed by atoms with Gasteiger partial charge in [0.05, 0.1) is 4.91 Å². The van der Waals surface area contributed by atoms with E-state index in [0.717, 1.165) is 38.9 Å². The van der Waals surface area contributed by atoms with Gasteiger partial charge in [0.1, 0.15) is 18.9 Å². The third-order valence-electron chi connectivity index (χ3n) is 5.39. The number of amides is 3. The van der Waals surface area contributed by atoms with E-state index in [0.29, 0.717) is 18.0 Å². The smallest absolute Gasteiger partial charge is 0.294 e. The molecule has 3 aromatic carbocycles. The zero-order valence-electron chi connectivity index (χ0n) is 18.9. The van der Waals surface area contributed by atoms with Crippen molar-refractivity contribution in [3.63, 3.8) is 0 Å². The van der Waals surface area contributed by atoms with Crippen molar-refractivity contribution < 1.29 is 19.1 Å². The average molecular weight is 473 g/mol. The van der Waals surface area contributed by atoms with Gasteiger partial charge in [0, 0.05) is 5.69 Å². The summed E-state index contributed by atoms with van der Waals surface area (Å²) in [7, 11) is 0. The lowest BCUT2D eigenvalue weighted by Gasteiger charge is -2.13. The molecule has 34 heavy (non-hydrogen) atoms. The van der Waals surface area contributed by atoms with Crippen LogP contribution >= 0.6 is 11.8 Å². The van der Waals surface area contributed by atoms with Gasteiger partial charge in [-0.1, -0.05) is 48.5 Å². The van der Waals surface area contributed by atoms with Crippen molar-refractivity contribution in [2.45, 2.75) is 20.5 Å². The first-order chi connectivity index (χ1) is 16.4. The third-order valence-corrected chi connectivity index (χ3v) is 6.30. The number of nitrogens with zero attached hydrogens (tertiary/aromatic N) is 1. The Kier molecular flexibility index (Phi) is 7.13. The van der Waals surface area contributed by atoms with Gasteiger partial charge in [-0.3, -0.25) is 19.3 Å². The van der Waals surface area contributed by atoms with Crippen molar-refractivity contribution in [3.05, 3.63) is 100.0 Å². The summed E-state index contributed by atoms with van der Waals surface area (Å²) in [4.78, 5) is 38.8. The summed E-state index contributed by atoms with van der Waals surface area (Å²) in [6.45, 7) is 4.07. The fourth-order valence-corrected chi connectivity index (χ4v) is 4.19. The molecule has 0 atom stereocenters. The molecule has 0 bridgehead atoms. The predicted molar refractivity (Wildman–Crippen MR) is 134 cm³/mol. The van der Waals surface area contributed by atoms with E-state index in [1.165, 1.54) is 0 Å². The van der Waals surface area contributed by atoms with Gasteiger partial charge in [-0.2, -0.15) is 0 Å². The number of thioether (sulfide) groups is 1. The molecule has 1 aliphatic heterocycles. The number of benzene rings is 3. The fourth-order valence-electron chi connectivity index (χ4n) is 3.35. The van der Waals surface area contributed by atoms with Crippen molar-refractivity contribution in [2.75, 3.05) is 11.9 Å². The number of nitrogens with one attached hydrogen (secondary N) is 1. The number of carbonyl (C=O) groups is 3. The Morgan fingerprint density at radius 1 is 0.971 bits per heavy atom. The number of hydrogen-bond donors (Lipinski definition) is 1. The number of rotatable bonds is 7. The molecular weight excluding hydrogens is 448 g/mol. The molecule has 0 aromatic heterocycles. The molecule has 1 fully saturated rings. The van der Waals surface area contributed by atoms with Crippen LogP contribution in [0.5, 0.6) is 5.75 Å². The first-order valence-corrected chi connectivity index (χ1v) is 11.6. The van der Waals surface area contributed by atoms with E-state index in [2.05, 4.69) is 5.32 Å². The number of carbonyl (C=O) groups excluding carboxylic acids is 3. The van der Waals surface area contributed by atoms with Crippen molar-refractivity contribution in [1.29, 1.82) is 0 Å². The molecule has 0 aliphatic carbocycles. The Balaban J connectivity index is 1.36. The molecule has 6 nitrogen and oxygen atoms in total.